The van der Waals surface area contributed by atoms with Gasteiger partial charge in [0.1, 0.15) is 0 Å². The Morgan fingerprint density at radius 3 is 1.79 bits per heavy atom. The molecule has 6 rings (SSSR count). The molecule has 2 bridgehead atoms. The number of hydrogen-bond acceptors (Lipinski definition) is 3. The first kappa shape index (κ1) is 10.2. The Morgan fingerprint density at radius 2 is 1.37 bits per heavy atom. The van der Waals surface area contributed by atoms with Crippen molar-refractivity contribution >= 4 is 11.9 Å². The molecule has 0 amide bonds. The summed E-state index contributed by atoms with van der Waals surface area (Å²) in [6, 6.07) is 0. The highest BCUT2D eigenvalue weighted by Crippen LogP contribution is 2.74. The molecule has 3 heteroatoms. The fraction of sp³-hybridized carbons (Fsp3) is 0.500. The van der Waals surface area contributed by atoms with E-state index in [1.165, 1.54) is 0 Å². The number of carbonyl (C=O) groups excluding carboxylic acids is 2. The van der Waals surface area contributed by atoms with E-state index in [2.05, 4.69) is 36.5 Å². The lowest BCUT2D eigenvalue weighted by Crippen LogP contribution is -2.65. The normalized spacial score (nSPS) is 55.4. The lowest BCUT2D eigenvalue weighted by atomic mass is 9.33. The van der Waals surface area contributed by atoms with Crippen molar-refractivity contribution < 1.29 is 14.3 Å². The maximum absolute atomic E-state index is 12.0. The Hall–Kier alpha value is -1.64. The highest BCUT2D eigenvalue weighted by Gasteiger charge is 2.73. The van der Waals surface area contributed by atoms with Crippen LogP contribution in [-0.4, -0.2) is 11.9 Å². The van der Waals surface area contributed by atoms with E-state index < -0.39 is 0 Å². The van der Waals surface area contributed by atoms with E-state index in [0.29, 0.717) is 0 Å². The Balaban J connectivity index is 1.77. The number of carbonyl (C=O) groups is 2. The van der Waals surface area contributed by atoms with Crippen molar-refractivity contribution in [1.82, 2.24) is 0 Å². The van der Waals surface area contributed by atoms with Gasteiger partial charge in [0.2, 0.25) is 0 Å². The van der Waals surface area contributed by atoms with E-state index in [-0.39, 0.29) is 46.4 Å². The molecule has 1 heterocycles. The molecule has 0 radical (unpaired) electrons. The van der Waals surface area contributed by atoms with Crippen molar-refractivity contribution in [2.24, 2.45) is 34.5 Å². The van der Waals surface area contributed by atoms with Crippen LogP contribution in [0.4, 0.5) is 0 Å². The molecule has 19 heavy (non-hydrogen) atoms. The van der Waals surface area contributed by atoms with Crippen LogP contribution >= 0.6 is 0 Å². The third-order valence-corrected chi connectivity index (χ3v) is 6.24. The third kappa shape index (κ3) is 0.814. The Morgan fingerprint density at radius 1 is 0.895 bits per heavy atom. The van der Waals surface area contributed by atoms with Crippen LogP contribution in [-0.2, 0) is 14.3 Å². The lowest BCUT2D eigenvalue weighted by Gasteiger charge is -2.68. The maximum Gasteiger partial charge on any atom is 0.318 e. The van der Waals surface area contributed by atoms with Gasteiger partial charge in [-0.05, 0) is 12.8 Å². The zero-order valence-corrected chi connectivity index (χ0v) is 10.4. The summed E-state index contributed by atoms with van der Waals surface area (Å²) < 4.78 is 4.95. The SMILES string of the molecule is O=C1OC(=O)[C@H]2[C@H]1[C@H]1C=C[C@H]2[C@]23C=C[C@@]12CC=CC3. The molecule has 6 atom stereocenters. The number of cyclic esters (lactones) is 2. The number of rotatable bonds is 0. The molecule has 96 valence electrons. The van der Waals surface area contributed by atoms with Crippen LogP contribution in [0, 0.1) is 34.5 Å². The molecular formula is C16H14O3. The van der Waals surface area contributed by atoms with Crippen molar-refractivity contribution in [2.45, 2.75) is 12.8 Å². The third-order valence-electron chi connectivity index (χ3n) is 6.24. The summed E-state index contributed by atoms with van der Waals surface area (Å²) in [6.07, 6.45) is 15.3. The molecule has 0 N–H and O–H groups in total. The average Bonchev–Trinajstić information content (AvgIpc) is 2.69. The van der Waals surface area contributed by atoms with Gasteiger partial charge >= 0.3 is 11.9 Å². The molecule has 5 aliphatic carbocycles. The molecule has 1 aliphatic heterocycles. The van der Waals surface area contributed by atoms with Crippen LogP contribution in [0.3, 0.4) is 0 Å². The van der Waals surface area contributed by atoms with Gasteiger partial charge in [-0.1, -0.05) is 36.5 Å². The molecule has 6 aliphatic rings. The molecule has 1 saturated carbocycles. The summed E-state index contributed by atoms with van der Waals surface area (Å²) in [6.45, 7) is 0. The Labute approximate surface area is 111 Å². The van der Waals surface area contributed by atoms with E-state index in [1.807, 2.05) is 0 Å². The van der Waals surface area contributed by atoms with E-state index in [1.54, 1.807) is 0 Å². The van der Waals surface area contributed by atoms with Crippen LogP contribution < -0.4 is 0 Å². The minimum Gasteiger partial charge on any atom is -0.393 e. The molecular weight excluding hydrogens is 240 g/mol. The quantitative estimate of drug-likeness (QED) is 0.377. The standard InChI is InChI=1S/C16H14O3/c17-13-11-9-3-4-10(12(11)14(18)19-13)16-6-2-1-5-15(9,16)7-8-16/h1-4,7-12H,5-6H2/t9-,10-,11-,12-,15+,16+/m1/s1. The fourth-order valence-corrected chi connectivity index (χ4v) is 5.43. The predicted molar refractivity (Wildman–Crippen MR) is 66.6 cm³/mol. The summed E-state index contributed by atoms with van der Waals surface area (Å²) >= 11 is 0. The highest BCUT2D eigenvalue weighted by atomic mass is 16.6. The second-order valence-corrected chi connectivity index (χ2v) is 6.52. The lowest BCUT2D eigenvalue weighted by molar-refractivity contribution is -0.154. The van der Waals surface area contributed by atoms with Gasteiger partial charge < -0.3 is 4.74 Å². The van der Waals surface area contributed by atoms with Crippen molar-refractivity contribution in [3.63, 3.8) is 0 Å². The molecule has 0 spiro atoms. The van der Waals surface area contributed by atoms with Gasteiger partial charge in [-0.15, -0.1) is 0 Å². The molecule has 2 fully saturated rings. The Kier molecular flexibility index (Phi) is 1.48. The van der Waals surface area contributed by atoms with Crippen LogP contribution in [0.25, 0.3) is 0 Å². The maximum atomic E-state index is 12.0. The van der Waals surface area contributed by atoms with Gasteiger partial charge in [0.25, 0.3) is 0 Å². The van der Waals surface area contributed by atoms with E-state index >= 15 is 0 Å². The summed E-state index contributed by atoms with van der Waals surface area (Å²) in [5.41, 5.74) is 0.123. The summed E-state index contributed by atoms with van der Waals surface area (Å²) in [4.78, 5) is 24.1. The second-order valence-electron chi connectivity index (χ2n) is 6.52. The van der Waals surface area contributed by atoms with E-state index in [0.717, 1.165) is 12.8 Å². The van der Waals surface area contributed by atoms with Gasteiger partial charge in [0.15, 0.2) is 0 Å². The number of hydrogen-bond donors (Lipinski definition) is 0. The second kappa shape index (κ2) is 2.77. The van der Waals surface area contributed by atoms with Crippen LogP contribution in [0.5, 0.6) is 0 Å². The molecule has 0 aromatic heterocycles. The van der Waals surface area contributed by atoms with Crippen molar-refractivity contribution in [2.75, 3.05) is 0 Å². The topological polar surface area (TPSA) is 43.4 Å². The smallest absolute Gasteiger partial charge is 0.318 e. The molecule has 0 aromatic rings. The number of allylic oxidation sites excluding steroid dienone is 6. The first-order valence-corrected chi connectivity index (χ1v) is 6.99. The Bertz CT molecular complexity index is 563. The van der Waals surface area contributed by atoms with Gasteiger partial charge in [-0.2, -0.15) is 0 Å². The first-order valence-electron chi connectivity index (χ1n) is 6.99. The summed E-state index contributed by atoms with van der Waals surface area (Å²) in [5, 5.41) is 0. The van der Waals surface area contributed by atoms with Crippen LogP contribution in [0.1, 0.15) is 12.8 Å². The number of esters is 2. The molecule has 3 nitrogen and oxygen atoms in total. The van der Waals surface area contributed by atoms with Gasteiger partial charge in [0, 0.05) is 22.7 Å². The van der Waals surface area contributed by atoms with Gasteiger partial charge in [-0.25, -0.2) is 0 Å². The predicted octanol–water partition coefficient (Wildman–Crippen LogP) is 2.01. The van der Waals surface area contributed by atoms with Crippen LogP contribution in [0.15, 0.2) is 36.5 Å². The fourth-order valence-electron chi connectivity index (χ4n) is 5.43. The van der Waals surface area contributed by atoms with Crippen molar-refractivity contribution in [3.05, 3.63) is 36.5 Å². The zero-order valence-electron chi connectivity index (χ0n) is 10.4. The highest BCUT2D eigenvalue weighted by molar-refractivity contribution is 5.98. The van der Waals surface area contributed by atoms with Crippen molar-refractivity contribution in [1.29, 1.82) is 0 Å². The van der Waals surface area contributed by atoms with E-state index in [4.69, 9.17) is 4.74 Å². The summed E-state index contributed by atoms with van der Waals surface area (Å²) in [5.74, 6) is -0.814. The molecule has 0 aromatic carbocycles. The largest absolute Gasteiger partial charge is 0.393 e. The average molecular weight is 254 g/mol. The minimum atomic E-state index is -0.299. The first-order chi connectivity index (χ1) is 9.20. The van der Waals surface area contributed by atoms with Crippen LogP contribution in [0.2, 0.25) is 0 Å². The minimum absolute atomic E-state index is 0.0615. The molecule has 0 unspecified atom stereocenters. The van der Waals surface area contributed by atoms with E-state index in [9.17, 15) is 9.59 Å². The monoisotopic (exact) mass is 254 g/mol. The zero-order chi connectivity index (χ0) is 12.8. The summed E-state index contributed by atoms with van der Waals surface area (Å²) in [7, 11) is 0. The van der Waals surface area contributed by atoms with Gasteiger partial charge in [-0.3, -0.25) is 9.59 Å². The molecule has 1 saturated heterocycles. The van der Waals surface area contributed by atoms with Crippen molar-refractivity contribution in [3.8, 4) is 0 Å². The number of ether oxygens (including phenoxy) is 1. The van der Waals surface area contributed by atoms with Gasteiger partial charge in [0.05, 0.1) is 11.8 Å².